The first-order chi connectivity index (χ1) is 9.65. The summed E-state index contributed by atoms with van der Waals surface area (Å²) < 4.78 is 11.5. The van der Waals surface area contributed by atoms with Gasteiger partial charge in [0.05, 0.1) is 14.2 Å². The van der Waals surface area contributed by atoms with Crippen LogP contribution in [-0.2, 0) is 6.54 Å². The van der Waals surface area contributed by atoms with E-state index in [1.807, 2.05) is 12.1 Å². The molecule has 20 heavy (non-hydrogen) atoms. The van der Waals surface area contributed by atoms with Crippen LogP contribution >= 0.6 is 15.9 Å². The summed E-state index contributed by atoms with van der Waals surface area (Å²) in [6.07, 6.45) is 1.78. The zero-order chi connectivity index (χ0) is 15.0. The summed E-state index contributed by atoms with van der Waals surface area (Å²) in [5.41, 5.74) is 1.05. The lowest BCUT2D eigenvalue weighted by Gasteiger charge is -2.14. The molecule has 0 radical (unpaired) electrons. The molecule has 1 rings (SSSR count). The molecular weight excluding hydrogens is 322 g/mol. The lowest BCUT2D eigenvalue weighted by atomic mass is 10.2. The summed E-state index contributed by atoms with van der Waals surface area (Å²) >= 11 is 3.52. The average Bonchev–Trinajstić information content (AvgIpc) is 2.48. The minimum absolute atomic E-state index is 0.609. The molecule has 0 saturated carbocycles. The van der Waals surface area contributed by atoms with E-state index in [0.29, 0.717) is 30.5 Å². The molecule has 0 aromatic heterocycles. The van der Waals surface area contributed by atoms with Gasteiger partial charge in [0.2, 0.25) is 0 Å². The first kappa shape index (κ1) is 16.4. The maximum absolute atomic E-state index is 5.30. The van der Waals surface area contributed by atoms with Crippen LogP contribution in [0.25, 0.3) is 0 Å². The Labute approximate surface area is 128 Å². The number of hydrogen-bond acceptors (Lipinski definition) is 3. The van der Waals surface area contributed by atoms with Crippen LogP contribution in [0, 0.1) is 0 Å². The highest BCUT2D eigenvalue weighted by molar-refractivity contribution is 9.10. The van der Waals surface area contributed by atoms with E-state index in [1.54, 1.807) is 27.3 Å². The Morgan fingerprint density at radius 1 is 1.30 bits per heavy atom. The SMILES string of the molecule is C=CCNC(=NC)NCc1cc(OC)c(OC)cc1Br. The van der Waals surface area contributed by atoms with Gasteiger partial charge in [-0.05, 0) is 17.7 Å². The van der Waals surface area contributed by atoms with E-state index in [1.165, 1.54) is 0 Å². The normalized spacial score (nSPS) is 10.9. The molecule has 6 heteroatoms. The quantitative estimate of drug-likeness (QED) is 0.473. The van der Waals surface area contributed by atoms with Crippen molar-refractivity contribution in [3.05, 3.63) is 34.8 Å². The van der Waals surface area contributed by atoms with Crippen LogP contribution in [-0.4, -0.2) is 33.8 Å². The highest BCUT2D eigenvalue weighted by Crippen LogP contribution is 2.33. The summed E-state index contributed by atoms with van der Waals surface area (Å²) in [5, 5.41) is 6.32. The van der Waals surface area contributed by atoms with Gasteiger partial charge < -0.3 is 20.1 Å². The number of halogens is 1. The third-order valence-corrected chi connectivity index (χ3v) is 3.37. The first-order valence-electron chi connectivity index (χ1n) is 6.12. The fraction of sp³-hybridized carbons (Fsp3) is 0.357. The molecule has 1 aromatic carbocycles. The zero-order valence-electron chi connectivity index (χ0n) is 12.0. The fourth-order valence-electron chi connectivity index (χ4n) is 1.60. The van der Waals surface area contributed by atoms with Crippen molar-refractivity contribution in [2.24, 2.45) is 4.99 Å². The third kappa shape index (κ3) is 4.45. The molecule has 0 saturated heterocycles. The molecule has 110 valence electrons. The van der Waals surface area contributed by atoms with Crippen LogP contribution in [0.15, 0.2) is 34.3 Å². The molecule has 0 aliphatic carbocycles. The molecule has 0 heterocycles. The van der Waals surface area contributed by atoms with Crippen molar-refractivity contribution in [2.75, 3.05) is 27.8 Å². The molecule has 0 spiro atoms. The molecule has 0 aliphatic rings. The molecule has 1 aromatic rings. The van der Waals surface area contributed by atoms with Crippen molar-refractivity contribution in [3.8, 4) is 11.5 Å². The van der Waals surface area contributed by atoms with E-state index in [-0.39, 0.29) is 0 Å². The summed E-state index contributed by atoms with van der Waals surface area (Å²) in [6.45, 7) is 4.93. The van der Waals surface area contributed by atoms with E-state index in [0.717, 1.165) is 10.0 Å². The second-order valence-corrected chi connectivity index (χ2v) is 4.75. The first-order valence-corrected chi connectivity index (χ1v) is 6.91. The van der Waals surface area contributed by atoms with Crippen LogP contribution in [0.2, 0.25) is 0 Å². The lowest BCUT2D eigenvalue weighted by molar-refractivity contribution is 0.354. The van der Waals surface area contributed by atoms with Gasteiger partial charge in [-0.1, -0.05) is 22.0 Å². The number of ether oxygens (including phenoxy) is 2. The van der Waals surface area contributed by atoms with E-state index < -0.39 is 0 Å². The Bertz CT molecular complexity index is 490. The van der Waals surface area contributed by atoms with Crippen molar-refractivity contribution in [1.29, 1.82) is 0 Å². The monoisotopic (exact) mass is 341 g/mol. The number of nitrogens with one attached hydrogen (secondary N) is 2. The van der Waals surface area contributed by atoms with Crippen molar-refractivity contribution >= 4 is 21.9 Å². The zero-order valence-corrected chi connectivity index (χ0v) is 13.6. The van der Waals surface area contributed by atoms with E-state index in [4.69, 9.17) is 9.47 Å². The average molecular weight is 342 g/mol. The maximum atomic E-state index is 5.30. The summed E-state index contributed by atoms with van der Waals surface area (Å²) in [7, 11) is 4.96. The van der Waals surface area contributed by atoms with E-state index in [2.05, 4.69) is 38.1 Å². The van der Waals surface area contributed by atoms with Crippen molar-refractivity contribution in [2.45, 2.75) is 6.54 Å². The van der Waals surface area contributed by atoms with Crippen molar-refractivity contribution in [3.63, 3.8) is 0 Å². The number of hydrogen-bond donors (Lipinski definition) is 2. The third-order valence-electron chi connectivity index (χ3n) is 2.64. The number of aliphatic imine (C=N–C) groups is 1. The largest absolute Gasteiger partial charge is 0.493 e. The van der Waals surface area contributed by atoms with Gasteiger partial charge in [0, 0.05) is 24.6 Å². The molecule has 2 N–H and O–H groups in total. The van der Waals surface area contributed by atoms with Gasteiger partial charge in [-0.15, -0.1) is 6.58 Å². The molecule has 0 fully saturated rings. The topological polar surface area (TPSA) is 54.9 Å². The molecule has 0 atom stereocenters. The Hall–Kier alpha value is -1.69. The summed E-state index contributed by atoms with van der Waals surface area (Å²) in [5.74, 6) is 2.10. The van der Waals surface area contributed by atoms with Crippen LogP contribution in [0.3, 0.4) is 0 Å². The minimum Gasteiger partial charge on any atom is -0.493 e. The van der Waals surface area contributed by atoms with Crippen LogP contribution in [0.5, 0.6) is 11.5 Å². The molecule has 0 unspecified atom stereocenters. The summed E-state index contributed by atoms with van der Waals surface area (Å²) in [4.78, 5) is 4.12. The number of methoxy groups -OCH3 is 2. The Morgan fingerprint density at radius 2 is 1.95 bits per heavy atom. The second-order valence-electron chi connectivity index (χ2n) is 3.89. The van der Waals surface area contributed by atoms with Gasteiger partial charge in [0.15, 0.2) is 17.5 Å². The standard InChI is InChI=1S/C14H20BrN3O2/c1-5-6-17-14(16-2)18-9-10-7-12(19-3)13(20-4)8-11(10)15/h5,7-8H,1,6,9H2,2-4H3,(H2,16,17,18). The number of rotatable bonds is 6. The Kier molecular flexibility index (Phi) is 6.93. The lowest BCUT2D eigenvalue weighted by Crippen LogP contribution is -2.36. The number of guanidine groups is 1. The Balaban J connectivity index is 2.79. The van der Waals surface area contributed by atoms with E-state index in [9.17, 15) is 0 Å². The number of nitrogens with zero attached hydrogens (tertiary/aromatic N) is 1. The Morgan fingerprint density at radius 3 is 2.50 bits per heavy atom. The molecule has 0 bridgehead atoms. The predicted molar refractivity (Wildman–Crippen MR) is 85.6 cm³/mol. The van der Waals surface area contributed by atoms with Gasteiger partial charge in [0.25, 0.3) is 0 Å². The second kappa shape index (κ2) is 8.47. The maximum Gasteiger partial charge on any atom is 0.191 e. The highest BCUT2D eigenvalue weighted by Gasteiger charge is 2.09. The molecule has 5 nitrogen and oxygen atoms in total. The highest BCUT2D eigenvalue weighted by atomic mass is 79.9. The van der Waals surface area contributed by atoms with Gasteiger partial charge in [-0.2, -0.15) is 0 Å². The minimum atomic E-state index is 0.609. The van der Waals surface area contributed by atoms with E-state index >= 15 is 0 Å². The molecule has 0 amide bonds. The van der Waals surface area contributed by atoms with Gasteiger partial charge in [0.1, 0.15) is 0 Å². The van der Waals surface area contributed by atoms with Crippen LogP contribution in [0.4, 0.5) is 0 Å². The van der Waals surface area contributed by atoms with Gasteiger partial charge in [-0.3, -0.25) is 4.99 Å². The summed E-state index contributed by atoms with van der Waals surface area (Å²) in [6, 6.07) is 3.81. The van der Waals surface area contributed by atoms with Gasteiger partial charge in [-0.25, -0.2) is 0 Å². The number of benzene rings is 1. The molecular formula is C14H20BrN3O2. The van der Waals surface area contributed by atoms with Crippen LogP contribution < -0.4 is 20.1 Å². The smallest absolute Gasteiger partial charge is 0.191 e. The molecule has 0 aliphatic heterocycles. The van der Waals surface area contributed by atoms with Gasteiger partial charge >= 0.3 is 0 Å². The van der Waals surface area contributed by atoms with Crippen molar-refractivity contribution in [1.82, 2.24) is 10.6 Å². The van der Waals surface area contributed by atoms with Crippen molar-refractivity contribution < 1.29 is 9.47 Å². The fourth-order valence-corrected chi connectivity index (χ4v) is 2.06. The van der Waals surface area contributed by atoms with Crippen LogP contribution in [0.1, 0.15) is 5.56 Å². The predicted octanol–water partition coefficient (Wildman–Crippen LogP) is 2.32.